The molecule has 1 aromatic carbocycles. The molecule has 3 heteroatoms. The number of hydrogen-bond acceptors (Lipinski definition) is 2. The normalized spacial score (nSPS) is 15.6. The van der Waals surface area contributed by atoms with Crippen LogP contribution in [0.2, 0.25) is 0 Å². The third-order valence-electron chi connectivity index (χ3n) is 2.41. The number of aliphatic hydroxyl groups excluding tert-OH is 1. The van der Waals surface area contributed by atoms with E-state index >= 15 is 0 Å². The zero-order chi connectivity index (χ0) is 12.3. The Kier molecular flexibility index (Phi) is 4.11. The van der Waals surface area contributed by atoms with Crippen molar-refractivity contribution in [3.05, 3.63) is 35.9 Å². The van der Waals surface area contributed by atoms with Gasteiger partial charge < -0.3 is 5.11 Å². The van der Waals surface area contributed by atoms with Crippen LogP contribution < -0.4 is 0 Å². The summed E-state index contributed by atoms with van der Waals surface area (Å²) in [4.78, 5) is 11.9. The highest BCUT2D eigenvalue weighted by Gasteiger charge is 2.33. The van der Waals surface area contributed by atoms with Gasteiger partial charge in [-0.3, -0.25) is 4.79 Å². The van der Waals surface area contributed by atoms with Crippen LogP contribution in [-0.2, 0) is 4.79 Å². The van der Waals surface area contributed by atoms with Gasteiger partial charge >= 0.3 is 0 Å². The van der Waals surface area contributed by atoms with Crippen molar-refractivity contribution in [1.29, 1.82) is 0 Å². The van der Waals surface area contributed by atoms with Gasteiger partial charge in [0.15, 0.2) is 5.78 Å². The molecule has 0 saturated carbocycles. The molecule has 0 aliphatic rings. The van der Waals surface area contributed by atoms with Crippen LogP contribution in [0.15, 0.2) is 30.3 Å². The first-order chi connectivity index (χ1) is 7.34. The Labute approximate surface area is 101 Å². The molecular formula is C13H17ClO2. The quantitative estimate of drug-likeness (QED) is 0.825. The molecule has 0 amide bonds. The van der Waals surface area contributed by atoms with Crippen LogP contribution in [-0.4, -0.2) is 16.3 Å². The van der Waals surface area contributed by atoms with Crippen LogP contribution in [0.3, 0.4) is 0 Å². The molecule has 0 fully saturated rings. The van der Waals surface area contributed by atoms with Gasteiger partial charge in [-0.25, -0.2) is 0 Å². The zero-order valence-corrected chi connectivity index (χ0v) is 10.5. The van der Waals surface area contributed by atoms with Gasteiger partial charge in [-0.05, 0) is 5.56 Å². The lowest BCUT2D eigenvalue weighted by molar-refractivity contribution is -0.127. The minimum atomic E-state index is -0.949. The van der Waals surface area contributed by atoms with E-state index in [9.17, 15) is 9.90 Å². The predicted octanol–water partition coefficient (Wildman–Crippen LogP) is 2.94. The molecule has 2 atom stereocenters. The van der Waals surface area contributed by atoms with Gasteiger partial charge in [0.1, 0.15) is 11.5 Å². The van der Waals surface area contributed by atoms with Gasteiger partial charge in [0.25, 0.3) is 0 Å². The molecule has 88 valence electrons. The van der Waals surface area contributed by atoms with Gasteiger partial charge in [-0.1, -0.05) is 51.1 Å². The molecule has 1 rings (SSSR count). The number of hydrogen-bond donors (Lipinski definition) is 1. The number of aliphatic hydroxyl groups is 1. The molecule has 0 saturated heterocycles. The maximum atomic E-state index is 11.9. The maximum absolute atomic E-state index is 11.9. The van der Waals surface area contributed by atoms with E-state index in [0.29, 0.717) is 5.56 Å². The number of carbonyl (C=O) groups is 1. The lowest BCUT2D eigenvalue weighted by atomic mass is 9.86. The largest absolute Gasteiger partial charge is 0.386 e. The van der Waals surface area contributed by atoms with E-state index < -0.39 is 16.9 Å². The summed E-state index contributed by atoms with van der Waals surface area (Å²) in [5.74, 6) is -0.148. The Bertz CT molecular complexity index is 354. The Morgan fingerprint density at radius 3 is 2.19 bits per heavy atom. The summed E-state index contributed by atoms with van der Waals surface area (Å²) < 4.78 is 0. The highest BCUT2D eigenvalue weighted by atomic mass is 35.5. The fourth-order valence-corrected chi connectivity index (χ4v) is 1.85. The average Bonchev–Trinajstić information content (AvgIpc) is 2.26. The molecule has 0 spiro atoms. The molecule has 0 aliphatic carbocycles. The van der Waals surface area contributed by atoms with Crippen molar-refractivity contribution in [2.75, 3.05) is 0 Å². The van der Waals surface area contributed by atoms with Gasteiger partial charge in [0.05, 0.1) is 0 Å². The Morgan fingerprint density at radius 2 is 1.75 bits per heavy atom. The number of halogens is 1. The number of ketones is 1. The third-order valence-corrected chi connectivity index (χ3v) is 2.84. The van der Waals surface area contributed by atoms with E-state index in [4.69, 9.17) is 11.6 Å². The van der Waals surface area contributed by atoms with E-state index in [0.717, 1.165) is 0 Å². The Hall–Kier alpha value is -0.860. The summed E-state index contributed by atoms with van der Waals surface area (Å²) in [5, 5.41) is 9.07. The second-order valence-electron chi connectivity index (χ2n) is 4.87. The summed E-state index contributed by atoms with van der Waals surface area (Å²) in [6.45, 7) is 5.38. The van der Waals surface area contributed by atoms with Crippen LogP contribution in [0, 0.1) is 5.41 Å². The van der Waals surface area contributed by atoms with Crippen molar-refractivity contribution in [3.8, 4) is 0 Å². The second-order valence-corrected chi connectivity index (χ2v) is 5.34. The predicted molar refractivity (Wildman–Crippen MR) is 65.5 cm³/mol. The summed E-state index contributed by atoms with van der Waals surface area (Å²) in [5.41, 5.74) is 0.127. The van der Waals surface area contributed by atoms with Crippen molar-refractivity contribution in [1.82, 2.24) is 0 Å². The lowest BCUT2D eigenvalue weighted by Gasteiger charge is -2.24. The smallest absolute Gasteiger partial charge is 0.158 e. The van der Waals surface area contributed by atoms with E-state index in [-0.39, 0.29) is 5.78 Å². The fourth-order valence-electron chi connectivity index (χ4n) is 1.38. The van der Waals surface area contributed by atoms with Crippen molar-refractivity contribution in [2.24, 2.45) is 5.41 Å². The summed E-state index contributed by atoms with van der Waals surface area (Å²) >= 11 is 6.00. The highest BCUT2D eigenvalue weighted by Crippen LogP contribution is 2.28. The molecule has 0 aliphatic heterocycles. The third kappa shape index (κ3) is 3.06. The number of Topliss-reactive ketones (excluding diaryl/α,β-unsaturated/α-hetero) is 1. The Morgan fingerprint density at radius 1 is 1.25 bits per heavy atom. The monoisotopic (exact) mass is 240 g/mol. The molecule has 16 heavy (non-hydrogen) atoms. The highest BCUT2D eigenvalue weighted by molar-refractivity contribution is 6.32. The standard InChI is InChI=1S/C13H17ClO2/c1-13(2,3)12(16)10(14)11(15)9-7-5-4-6-8-9/h4-8,10-11,15H,1-3H3/t10-,11-/m1/s1. The molecular weight excluding hydrogens is 224 g/mol. The first-order valence-corrected chi connectivity index (χ1v) is 5.69. The number of carbonyl (C=O) groups excluding carboxylic acids is 1. The minimum Gasteiger partial charge on any atom is -0.386 e. The molecule has 0 bridgehead atoms. The van der Waals surface area contributed by atoms with Crippen LogP contribution >= 0.6 is 11.6 Å². The average molecular weight is 241 g/mol. The SMILES string of the molecule is CC(C)(C)C(=O)[C@H](Cl)[C@H](O)c1ccccc1. The van der Waals surface area contributed by atoms with E-state index in [2.05, 4.69) is 0 Å². The van der Waals surface area contributed by atoms with Crippen LogP contribution in [0.25, 0.3) is 0 Å². The number of rotatable bonds is 3. The molecule has 1 N–H and O–H groups in total. The van der Waals surface area contributed by atoms with Gasteiger partial charge in [-0.2, -0.15) is 0 Å². The van der Waals surface area contributed by atoms with Crippen molar-refractivity contribution in [3.63, 3.8) is 0 Å². The lowest BCUT2D eigenvalue weighted by Crippen LogP contribution is -2.33. The topological polar surface area (TPSA) is 37.3 Å². The first kappa shape index (κ1) is 13.2. The van der Waals surface area contributed by atoms with Crippen LogP contribution in [0.4, 0.5) is 0 Å². The van der Waals surface area contributed by atoms with Crippen molar-refractivity contribution >= 4 is 17.4 Å². The first-order valence-electron chi connectivity index (χ1n) is 5.25. The van der Waals surface area contributed by atoms with Crippen LogP contribution in [0.1, 0.15) is 32.4 Å². The van der Waals surface area contributed by atoms with Gasteiger partial charge in [0.2, 0.25) is 0 Å². The fraction of sp³-hybridized carbons (Fsp3) is 0.462. The second kappa shape index (κ2) is 4.98. The molecule has 0 radical (unpaired) electrons. The van der Waals surface area contributed by atoms with Gasteiger partial charge in [0, 0.05) is 5.41 Å². The summed E-state index contributed by atoms with van der Waals surface area (Å²) in [7, 11) is 0. The van der Waals surface area contributed by atoms with E-state index in [1.54, 1.807) is 32.9 Å². The van der Waals surface area contributed by atoms with Crippen molar-refractivity contribution in [2.45, 2.75) is 32.3 Å². The van der Waals surface area contributed by atoms with E-state index in [1.165, 1.54) is 0 Å². The minimum absolute atomic E-state index is 0.148. The number of benzene rings is 1. The van der Waals surface area contributed by atoms with Crippen LogP contribution in [0.5, 0.6) is 0 Å². The van der Waals surface area contributed by atoms with E-state index in [1.807, 2.05) is 18.2 Å². The molecule has 0 heterocycles. The maximum Gasteiger partial charge on any atom is 0.158 e. The van der Waals surface area contributed by atoms with Crippen molar-refractivity contribution < 1.29 is 9.90 Å². The summed E-state index contributed by atoms with van der Waals surface area (Å²) in [6, 6.07) is 8.99. The number of alkyl halides is 1. The van der Waals surface area contributed by atoms with Gasteiger partial charge in [-0.15, -0.1) is 11.6 Å². The molecule has 0 unspecified atom stereocenters. The molecule has 1 aromatic rings. The molecule has 2 nitrogen and oxygen atoms in total. The zero-order valence-electron chi connectivity index (χ0n) is 9.77. The summed E-state index contributed by atoms with van der Waals surface area (Å²) in [6.07, 6.45) is -0.949. The Balaban J connectivity index is 2.83. The molecule has 0 aromatic heterocycles.